The van der Waals surface area contributed by atoms with Crippen molar-refractivity contribution in [2.45, 2.75) is 25.7 Å². The average Bonchev–Trinajstić information content (AvgIpc) is 2.59. The van der Waals surface area contributed by atoms with Crippen LogP contribution in [-0.2, 0) is 38.1 Å². The monoisotopic (exact) mass is 350 g/mol. The van der Waals surface area contributed by atoms with Crippen molar-refractivity contribution in [2.24, 2.45) is 0 Å². The van der Waals surface area contributed by atoms with Crippen LogP contribution in [0.4, 0.5) is 0 Å². The standard InChI is InChI=1S/C14H22O10/c15-8-12(18)21-5-3-1-2-4-11(17)22-6-7-23-14(20)10-24-13(19)9-16/h15-16H,1-10H2. The lowest BCUT2D eigenvalue weighted by atomic mass is 10.2. The second kappa shape index (κ2) is 14.4. The number of aliphatic hydroxyl groups is 2. The first-order valence-corrected chi connectivity index (χ1v) is 7.33. The van der Waals surface area contributed by atoms with Crippen LogP contribution in [-0.4, -0.2) is 73.7 Å². The molecule has 10 heteroatoms. The van der Waals surface area contributed by atoms with Gasteiger partial charge >= 0.3 is 23.9 Å². The minimum Gasteiger partial charge on any atom is -0.464 e. The molecule has 0 atom stereocenters. The number of hydrogen-bond acceptors (Lipinski definition) is 10. The van der Waals surface area contributed by atoms with Gasteiger partial charge in [-0.1, -0.05) is 0 Å². The number of carbonyl (C=O) groups excluding carboxylic acids is 4. The first-order valence-electron chi connectivity index (χ1n) is 7.33. The molecular formula is C14H22O10. The van der Waals surface area contributed by atoms with E-state index in [1.165, 1.54) is 0 Å². The lowest BCUT2D eigenvalue weighted by Gasteiger charge is -2.07. The van der Waals surface area contributed by atoms with E-state index >= 15 is 0 Å². The second-order valence-electron chi connectivity index (χ2n) is 4.45. The molecule has 10 nitrogen and oxygen atoms in total. The third kappa shape index (κ3) is 13.5. The van der Waals surface area contributed by atoms with Crippen LogP contribution in [0.2, 0.25) is 0 Å². The zero-order valence-electron chi connectivity index (χ0n) is 13.2. The lowest BCUT2D eigenvalue weighted by Crippen LogP contribution is -2.20. The van der Waals surface area contributed by atoms with Crippen LogP contribution in [0.3, 0.4) is 0 Å². The minimum atomic E-state index is -0.940. The number of aliphatic hydroxyl groups excluding tert-OH is 2. The number of esters is 4. The fourth-order valence-electron chi connectivity index (χ4n) is 1.39. The minimum absolute atomic E-state index is 0.118. The van der Waals surface area contributed by atoms with Crippen LogP contribution in [0.25, 0.3) is 0 Å². The van der Waals surface area contributed by atoms with Crippen LogP contribution in [0, 0.1) is 0 Å². The summed E-state index contributed by atoms with van der Waals surface area (Å²) in [6, 6.07) is 0. The Morgan fingerprint density at radius 1 is 0.583 bits per heavy atom. The van der Waals surface area contributed by atoms with E-state index < -0.39 is 43.7 Å². The fourth-order valence-corrected chi connectivity index (χ4v) is 1.39. The van der Waals surface area contributed by atoms with Gasteiger partial charge in [0.15, 0.2) is 6.61 Å². The zero-order valence-corrected chi connectivity index (χ0v) is 13.2. The SMILES string of the molecule is O=C(CO)OCCCCCC(=O)OCCOC(=O)COC(=O)CO. The Balaban J connectivity index is 3.45. The van der Waals surface area contributed by atoms with Crippen molar-refractivity contribution < 1.29 is 48.3 Å². The number of rotatable bonds is 13. The molecule has 24 heavy (non-hydrogen) atoms. The van der Waals surface area contributed by atoms with Gasteiger partial charge < -0.3 is 29.2 Å². The maximum absolute atomic E-state index is 11.4. The largest absolute Gasteiger partial charge is 0.464 e. The summed E-state index contributed by atoms with van der Waals surface area (Å²) in [5, 5.41) is 16.8. The number of hydrogen-bond donors (Lipinski definition) is 2. The van der Waals surface area contributed by atoms with E-state index in [1.54, 1.807) is 0 Å². The van der Waals surface area contributed by atoms with E-state index in [1.807, 2.05) is 0 Å². The molecule has 138 valence electrons. The Morgan fingerprint density at radius 2 is 1.12 bits per heavy atom. The first-order chi connectivity index (χ1) is 11.5. The van der Waals surface area contributed by atoms with Gasteiger partial charge in [0, 0.05) is 6.42 Å². The smallest absolute Gasteiger partial charge is 0.344 e. The number of carbonyl (C=O) groups is 4. The van der Waals surface area contributed by atoms with Crippen LogP contribution in [0.1, 0.15) is 25.7 Å². The second-order valence-corrected chi connectivity index (χ2v) is 4.45. The highest BCUT2D eigenvalue weighted by molar-refractivity contribution is 5.76. The van der Waals surface area contributed by atoms with Crippen molar-refractivity contribution in [3.63, 3.8) is 0 Å². The summed E-state index contributed by atoms with van der Waals surface area (Å²) in [5.41, 5.74) is 0. The number of ether oxygens (including phenoxy) is 4. The molecule has 0 aliphatic heterocycles. The van der Waals surface area contributed by atoms with Crippen LogP contribution < -0.4 is 0 Å². The topological polar surface area (TPSA) is 146 Å². The van der Waals surface area contributed by atoms with Gasteiger partial charge in [0.1, 0.15) is 26.4 Å². The maximum Gasteiger partial charge on any atom is 0.344 e. The molecule has 0 bridgehead atoms. The van der Waals surface area contributed by atoms with Crippen LogP contribution in [0.5, 0.6) is 0 Å². The van der Waals surface area contributed by atoms with Gasteiger partial charge in [0.25, 0.3) is 0 Å². The van der Waals surface area contributed by atoms with Gasteiger partial charge in [-0.3, -0.25) is 4.79 Å². The molecule has 2 N–H and O–H groups in total. The molecule has 0 saturated carbocycles. The van der Waals surface area contributed by atoms with Gasteiger partial charge in [-0.15, -0.1) is 0 Å². The fraction of sp³-hybridized carbons (Fsp3) is 0.714. The molecule has 0 aliphatic rings. The predicted octanol–water partition coefficient (Wildman–Crippen LogP) is -1.30. The first kappa shape index (κ1) is 21.8. The summed E-state index contributed by atoms with van der Waals surface area (Å²) in [4.78, 5) is 43.6. The summed E-state index contributed by atoms with van der Waals surface area (Å²) < 4.78 is 18.4. The third-order valence-corrected chi connectivity index (χ3v) is 2.51. The Kier molecular flexibility index (Phi) is 13.1. The molecule has 0 aromatic carbocycles. The Hall–Kier alpha value is -2.20. The summed E-state index contributed by atoms with van der Waals surface area (Å²) in [5.74, 6) is -2.89. The number of unbranched alkanes of at least 4 members (excludes halogenated alkanes) is 2. The molecule has 0 radical (unpaired) electrons. The molecule has 0 fully saturated rings. The maximum atomic E-state index is 11.4. The van der Waals surface area contributed by atoms with Crippen LogP contribution in [0.15, 0.2) is 0 Å². The van der Waals surface area contributed by atoms with E-state index in [4.69, 9.17) is 14.9 Å². The average molecular weight is 350 g/mol. The quantitative estimate of drug-likeness (QED) is 0.233. The Labute approximate surface area is 138 Å². The van der Waals surface area contributed by atoms with E-state index in [0.717, 1.165) is 0 Å². The van der Waals surface area contributed by atoms with E-state index in [0.29, 0.717) is 19.3 Å². The zero-order chi connectivity index (χ0) is 18.2. The van der Waals surface area contributed by atoms with Crippen molar-refractivity contribution in [3.05, 3.63) is 0 Å². The summed E-state index contributed by atoms with van der Waals surface area (Å²) in [7, 11) is 0. The lowest BCUT2D eigenvalue weighted by molar-refractivity contribution is -0.162. The van der Waals surface area contributed by atoms with Crippen LogP contribution >= 0.6 is 0 Å². The summed E-state index contributed by atoms with van der Waals surface area (Å²) >= 11 is 0. The van der Waals surface area contributed by atoms with Gasteiger partial charge in [-0.05, 0) is 19.3 Å². The van der Waals surface area contributed by atoms with Gasteiger partial charge in [-0.2, -0.15) is 0 Å². The summed E-state index contributed by atoms with van der Waals surface area (Å²) in [6.07, 6.45) is 1.95. The van der Waals surface area contributed by atoms with Crippen molar-refractivity contribution in [1.82, 2.24) is 0 Å². The van der Waals surface area contributed by atoms with Gasteiger partial charge in [0.2, 0.25) is 0 Å². The normalized spacial score (nSPS) is 9.92. The van der Waals surface area contributed by atoms with E-state index in [2.05, 4.69) is 14.2 Å². The van der Waals surface area contributed by atoms with Gasteiger partial charge in [-0.25, -0.2) is 14.4 Å². The Bertz CT molecular complexity index is 406. The molecule has 0 saturated heterocycles. The third-order valence-electron chi connectivity index (χ3n) is 2.51. The van der Waals surface area contributed by atoms with Crippen molar-refractivity contribution >= 4 is 23.9 Å². The molecular weight excluding hydrogens is 328 g/mol. The molecule has 0 aromatic rings. The van der Waals surface area contributed by atoms with Crippen molar-refractivity contribution in [3.8, 4) is 0 Å². The highest BCUT2D eigenvalue weighted by Gasteiger charge is 2.08. The molecule has 0 rings (SSSR count). The van der Waals surface area contributed by atoms with Gasteiger partial charge in [0.05, 0.1) is 6.61 Å². The highest BCUT2D eigenvalue weighted by Crippen LogP contribution is 2.02. The highest BCUT2D eigenvalue weighted by atomic mass is 16.6. The Morgan fingerprint density at radius 3 is 1.75 bits per heavy atom. The van der Waals surface area contributed by atoms with Crippen molar-refractivity contribution in [1.29, 1.82) is 0 Å². The predicted molar refractivity (Wildman–Crippen MR) is 76.5 cm³/mol. The van der Waals surface area contributed by atoms with Crippen molar-refractivity contribution in [2.75, 3.05) is 39.6 Å². The molecule has 0 spiro atoms. The molecule has 0 heterocycles. The van der Waals surface area contributed by atoms with E-state index in [-0.39, 0.29) is 26.2 Å². The summed E-state index contributed by atoms with van der Waals surface area (Å²) in [6.45, 7) is -2.19. The molecule has 0 aromatic heterocycles. The van der Waals surface area contributed by atoms with E-state index in [9.17, 15) is 19.2 Å². The molecule has 0 amide bonds. The molecule has 0 unspecified atom stereocenters. The molecule has 0 aliphatic carbocycles.